The quantitative estimate of drug-likeness (QED) is 0.857. The molecule has 0 saturated carbocycles. The molecule has 0 bridgehead atoms. The Labute approximate surface area is 118 Å². The number of nitrogens with one attached hydrogen (secondary N) is 1. The van der Waals surface area contributed by atoms with E-state index >= 15 is 0 Å². The van der Waals surface area contributed by atoms with Crippen LogP contribution in [0.15, 0.2) is 30.4 Å². The fourth-order valence-electron chi connectivity index (χ4n) is 2.40. The molecular weight excluding hydrogens is 257 g/mol. The third-order valence-electron chi connectivity index (χ3n) is 3.67. The number of amides is 1. The molecule has 0 heterocycles. The topological polar surface area (TPSA) is 38.3 Å². The van der Waals surface area contributed by atoms with Crippen molar-refractivity contribution in [2.75, 3.05) is 7.11 Å². The van der Waals surface area contributed by atoms with Crippen LogP contribution in [0.4, 0.5) is 4.39 Å². The summed E-state index contributed by atoms with van der Waals surface area (Å²) in [5.74, 6) is -0.125. The van der Waals surface area contributed by atoms with Gasteiger partial charge in [-0.25, -0.2) is 4.39 Å². The number of rotatable bonds is 4. The van der Waals surface area contributed by atoms with Gasteiger partial charge in [0, 0.05) is 5.92 Å². The molecule has 2 rings (SSSR count). The number of hydrogen-bond donors (Lipinski definition) is 1. The lowest BCUT2D eigenvalue weighted by Crippen LogP contribution is -2.33. The first-order chi connectivity index (χ1) is 9.61. The van der Waals surface area contributed by atoms with Gasteiger partial charge in [0.15, 0.2) is 11.6 Å². The maximum Gasteiger partial charge on any atom is 0.223 e. The van der Waals surface area contributed by atoms with Crippen molar-refractivity contribution in [1.29, 1.82) is 0 Å². The maximum atomic E-state index is 13.7. The van der Waals surface area contributed by atoms with Crippen molar-refractivity contribution in [3.63, 3.8) is 0 Å². The second-order valence-electron chi connectivity index (χ2n) is 5.11. The summed E-state index contributed by atoms with van der Waals surface area (Å²) in [5.41, 5.74) is 0.739. The number of hydrogen-bond acceptors (Lipinski definition) is 2. The summed E-state index contributed by atoms with van der Waals surface area (Å²) in [7, 11) is 1.43. The van der Waals surface area contributed by atoms with Crippen LogP contribution >= 0.6 is 0 Å². The van der Waals surface area contributed by atoms with E-state index in [1.165, 1.54) is 13.2 Å². The summed E-state index contributed by atoms with van der Waals surface area (Å²) in [6, 6.07) is 4.54. The van der Waals surface area contributed by atoms with E-state index in [2.05, 4.69) is 11.4 Å². The van der Waals surface area contributed by atoms with Gasteiger partial charge in [-0.3, -0.25) is 4.79 Å². The number of methoxy groups -OCH3 is 1. The van der Waals surface area contributed by atoms with Crippen LogP contribution in [-0.2, 0) is 4.79 Å². The molecule has 0 fully saturated rings. The van der Waals surface area contributed by atoms with Crippen LogP contribution in [0.5, 0.6) is 5.75 Å². The van der Waals surface area contributed by atoms with Crippen molar-refractivity contribution in [2.45, 2.75) is 32.2 Å². The Balaban J connectivity index is 2.00. The number of carbonyl (C=O) groups is 1. The molecule has 1 aromatic rings. The van der Waals surface area contributed by atoms with Gasteiger partial charge in [0.1, 0.15) is 0 Å². The smallest absolute Gasteiger partial charge is 0.223 e. The van der Waals surface area contributed by atoms with Crippen LogP contribution in [0.2, 0.25) is 0 Å². The molecule has 1 aliphatic carbocycles. The van der Waals surface area contributed by atoms with Crippen molar-refractivity contribution >= 4 is 5.91 Å². The van der Waals surface area contributed by atoms with Crippen LogP contribution in [0.1, 0.15) is 37.8 Å². The molecule has 2 atom stereocenters. The molecule has 20 heavy (non-hydrogen) atoms. The lowest BCUT2D eigenvalue weighted by Gasteiger charge is -2.21. The third-order valence-corrected chi connectivity index (χ3v) is 3.67. The average Bonchev–Trinajstić information content (AvgIpc) is 2.48. The molecule has 0 spiro atoms. The minimum absolute atomic E-state index is 0.0329. The summed E-state index contributed by atoms with van der Waals surface area (Å²) >= 11 is 0. The number of carbonyl (C=O) groups excluding carboxylic acids is 1. The molecule has 0 radical (unpaired) electrons. The molecule has 3 nitrogen and oxygen atoms in total. The van der Waals surface area contributed by atoms with Gasteiger partial charge in [-0.15, -0.1) is 0 Å². The highest BCUT2D eigenvalue weighted by atomic mass is 19.1. The molecule has 1 aromatic carbocycles. The predicted octanol–water partition coefficient (Wildman–Crippen LogP) is 3.37. The Hall–Kier alpha value is -1.84. The average molecular weight is 277 g/mol. The Morgan fingerprint density at radius 1 is 1.45 bits per heavy atom. The zero-order valence-corrected chi connectivity index (χ0v) is 11.9. The fourth-order valence-corrected chi connectivity index (χ4v) is 2.40. The number of benzene rings is 1. The first-order valence-corrected chi connectivity index (χ1v) is 6.90. The van der Waals surface area contributed by atoms with Crippen molar-refractivity contribution in [1.82, 2.24) is 5.32 Å². The van der Waals surface area contributed by atoms with Gasteiger partial charge in [0.05, 0.1) is 13.2 Å². The molecule has 108 valence electrons. The van der Waals surface area contributed by atoms with E-state index < -0.39 is 5.82 Å². The molecule has 1 N–H and O–H groups in total. The number of halogens is 1. The van der Waals surface area contributed by atoms with Gasteiger partial charge in [-0.1, -0.05) is 18.2 Å². The molecule has 0 unspecified atom stereocenters. The van der Waals surface area contributed by atoms with E-state index in [9.17, 15) is 9.18 Å². The minimum Gasteiger partial charge on any atom is -0.494 e. The Bertz CT molecular complexity index is 513. The van der Waals surface area contributed by atoms with Crippen LogP contribution in [-0.4, -0.2) is 13.0 Å². The molecule has 1 aliphatic rings. The van der Waals surface area contributed by atoms with Crippen molar-refractivity contribution < 1.29 is 13.9 Å². The maximum absolute atomic E-state index is 13.7. The Morgan fingerprint density at radius 3 is 2.85 bits per heavy atom. The normalized spacial score (nSPS) is 19.4. The SMILES string of the molecule is COc1ccc([C@H](C)NC(=O)[C@H]2CC=CCC2)cc1F. The second-order valence-corrected chi connectivity index (χ2v) is 5.11. The molecule has 0 aliphatic heterocycles. The van der Waals surface area contributed by atoms with Crippen molar-refractivity contribution in [3.05, 3.63) is 41.7 Å². The largest absolute Gasteiger partial charge is 0.494 e. The van der Waals surface area contributed by atoms with E-state index in [1.54, 1.807) is 12.1 Å². The lowest BCUT2D eigenvalue weighted by molar-refractivity contribution is -0.125. The van der Waals surface area contributed by atoms with Crippen LogP contribution in [0.3, 0.4) is 0 Å². The zero-order chi connectivity index (χ0) is 14.5. The van der Waals surface area contributed by atoms with Gasteiger partial charge in [-0.2, -0.15) is 0 Å². The van der Waals surface area contributed by atoms with Gasteiger partial charge in [-0.05, 0) is 43.9 Å². The standard InChI is InChI=1S/C16H20FNO2/c1-11(13-8-9-15(20-2)14(17)10-13)18-16(19)12-6-4-3-5-7-12/h3-4,8-12H,5-7H2,1-2H3,(H,18,19)/t11-,12-/m0/s1. The zero-order valence-electron chi connectivity index (χ0n) is 11.9. The molecule has 4 heteroatoms. The number of allylic oxidation sites excluding steroid dienone is 2. The molecule has 1 amide bonds. The van der Waals surface area contributed by atoms with Crippen LogP contribution < -0.4 is 10.1 Å². The summed E-state index contributed by atoms with van der Waals surface area (Å²) in [6.45, 7) is 1.86. The van der Waals surface area contributed by atoms with Gasteiger partial charge < -0.3 is 10.1 Å². The fraction of sp³-hybridized carbons (Fsp3) is 0.438. The highest BCUT2D eigenvalue weighted by Crippen LogP contribution is 2.23. The second kappa shape index (κ2) is 6.55. The van der Waals surface area contributed by atoms with E-state index in [-0.39, 0.29) is 23.6 Å². The van der Waals surface area contributed by atoms with Crippen molar-refractivity contribution in [2.24, 2.45) is 5.92 Å². The van der Waals surface area contributed by atoms with E-state index in [0.29, 0.717) is 0 Å². The first kappa shape index (κ1) is 14.6. The first-order valence-electron chi connectivity index (χ1n) is 6.90. The van der Waals surface area contributed by atoms with Crippen LogP contribution in [0, 0.1) is 11.7 Å². The van der Waals surface area contributed by atoms with Gasteiger partial charge in [0.25, 0.3) is 0 Å². The molecular formula is C16H20FNO2. The summed E-state index contributed by atoms with van der Waals surface area (Å²) in [6.07, 6.45) is 6.77. The third kappa shape index (κ3) is 3.38. The predicted molar refractivity (Wildman–Crippen MR) is 76.0 cm³/mol. The minimum atomic E-state index is -0.410. The molecule has 0 saturated heterocycles. The Kier molecular flexibility index (Phi) is 4.77. The van der Waals surface area contributed by atoms with Gasteiger partial charge in [0.2, 0.25) is 5.91 Å². The highest BCUT2D eigenvalue weighted by molar-refractivity contribution is 5.79. The monoisotopic (exact) mass is 277 g/mol. The lowest BCUT2D eigenvalue weighted by atomic mass is 9.93. The van der Waals surface area contributed by atoms with Gasteiger partial charge >= 0.3 is 0 Å². The number of ether oxygens (including phenoxy) is 1. The van der Waals surface area contributed by atoms with Crippen LogP contribution in [0.25, 0.3) is 0 Å². The summed E-state index contributed by atoms with van der Waals surface area (Å²) in [4.78, 5) is 12.1. The summed E-state index contributed by atoms with van der Waals surface area (Å²) in [5, 5.41) is 2.95. The molecule has 0 aromatic heterocycles. The summed E-state index contributed by atoms with van der Waals surface area (Å²) < 4.78 is 18.5. The van der Waals surface area contributed by atoms with E-state index in [0.717, 1.165) is 24.8 Å². The van der Waals surface area contributed by atoms with Crippen molar-refractivity contribution in [3.8, 4) is 5.75 Å². The highest BCUT2D eigenvalue weighted by Gasteiger charge is 2.21. The Morgan fingerprint density at radius 2 is 2.25 bits per heavy atom. The van der Waals surface area contributed by atoms with E-state index in [4.69, 9.17) is 4.74 Å². The van der Waals surface area contributed by atoms with E-state index in [1.807, 2.05) is 13.0 Å².